The molecule has 3 rings (SSSR count). The Hall–Kier alpha value is -1.65. The second-order valence-electron chi connectivity index (χ2n) is 3.60. The average Bonchev–Trinajstić information content (AvgIpc) is 2.75. The van der Waals surface area contributed by atoms with Gasteiger partial charge in [0, 0.05) is 16.0 Å². The van der Waals surface area contributed by atoms with Crippen LogP contribution >= 0.6 is 22.9 Å². The summed E-state index contributed by atoms with van der Waals surface area (Å²) in [5.41, 5.74) is 8.02. The Bertz CT molecular complexity index is 676. The smallest absolute Gasteiger partial charge is 0.136 e. The molecule has 0 saturated heterocycles. The minimum atomic E-state index is 0.515. The summed E-state index contributed by atoms with van der Waals surface area (Å²) in [5.74, 6) is 0.515. The molecule has 3 nitrogen and oxygen atoms in total. The second-order valence-corrected chi connectivity index (χ2v) is 4.89. The number of nitrogens with zero attached hydrogens (tertiary/aromatic N) is 2. The van der Waals surface area contributed by atoms with Crippen LogP contribution in [-0.2, 0) is 0 Å². The lowest BCUT2D eigenvalue weighted by Crippen LogP contribution is -1.91. The average molecular weight is 262 g/mol. The van der Waals surface area contributed by atoms with Gasteiger partial charge in [0.05, 0.1) is 5.39 Å². The first-order valence-electron chi connectivity index (χ1n) is 4.99. The van der Waals surface area contributed by atoms with Crippen LogP contribution in [0.1, 0.15) is 0 Å². The highest BCUT2D eigenvalue weighted by molar-refractivity contribution is 7.17. The van der Waals surface area contributed by atoms with E-state index in [0.29, 0.717) is 5.82 Å². The van der Waals surface area contributed by atoms with E-state index in [4.69, 9.17) is 17.3 Å². The van der Waals surface area contributed by atoms with Crippen LogP contribution in [-0.4, -0.2) is 9.97 Å². The van der Waals surface area contributed by atoms with E-state index in [2.05, 4.69) is 9.97 Å². The normalized spacial score (nSPS) is 10.9. The van der Waals surface area contributed by atoms with Crippen LogP contribution in [0.25, 0.3) is 21.3 Å². The lowest BCUT2D eigenvalue weighted by Gasteiger charge is -2.01. The first-order valence-corrected chi connectivity index (χ1v) is 6.25. The van der Waals surface area contributed by atoms with Gasteiger partial charge in [-0.15, -0.1) is 11.3 Å². The number of fused-ring (bicyclic) bond motifs is 1. The number of aromatic nitrogens is 2. The number of hydrogen-bond acceptors (Lipinski definition) is 4. The molecule has 2 N–H and O–H groups in total. The van der Waals surface area contributed by atoms with E-state index in [1.807, 2.05) is 29.6 Å². The van der Waals surface area contributed by atoms with Gasteiger partial charge in [-0.3, -0.25) is 0 Å². The quantitative estimate of drug-likeness (QED) is 0.728. The lowest BCUT2D eigenvalue weighted by atomic mass is 10.1. The summed E-state index contributed by atoms with van der Waals surface area (Å²) < 4.78 is 0. The van der Waals surface area contributed by atoms with Crippen molar-refractivity contribution in [2.45, 2.75) is 0 Å². The molecule has 1 aromatic carbocycles. The van der Waals surface area contributed by atoms with Gasteiger partial charge in [-0.25, -0.2) is 9.97 Å². The van der Waals surface area contributed by atoms with E-state index in [9.17, 15) is 0 Å². The van der Waals surface area contributed by atoms with Crippen LogP contribution < -0.4 is 5.73 Å². The van der Waals surface area contributed by atoms with Gasteiger partial charge in [0.15, 0.2) is 0 Å². The van der Waals surface area contributed by atoms with Crippen molar-refractivity contribution in [1.82, 2.24) is 9.97 Å². The Balaban J connectivity index is 2.27. The van der Waals surface area contributed by atoms with Gasteiger partial charge in [0.2, 0.25) is 0 Å². The topological polar surface area (TPSA) is 51.8 Å². The van der Waals surface area contributed by atoms with Crippen molar-refractivity contribution in [2.75, 3.05) is 5.73 Å². The van der Waals surface area contributed by atoms with Crippen LogP contribution in [0.15, 0.2) is 36.0 Å². The maximum atomic E-state index is 5.90. The second kappa shape index (κ2) is 3.98. The highest BCUT2D eigenvalue weighted by Crippen LogP contribution is 2.35. The van der Waals surface area contributed by atoms with Crippen molar-refractivity contribution >= 4 is 39.0 Å². The van der Waals surface area contributed by atoms with Gasteiger partial charge >= 0.3 is 0 Å². The van der Waals surface area contributed by atoms with E-state index < -0.39 is 0 Å². The third kappa shape index (κ3) is 1.75. The maximum Gasteiger partial charge on any atom is 0.136 e. The molecule has 0 atom stereocenters. The summed E-state index contributed by atoms with van der Waals surface area (Å²) in [7, 11) is 0. The highest BCUT2D eigenvalue weighted by Gasteiger charge is 2.10. The molecule has 17 heavy (non-hydrogen) atoms. The zero-order valence-corrected chi connectivity index (χ0v) is 10.3. The first-order chi connectivity index (χ1) is 8.25. The molecular formula is C12H8ClN3S. The zero-order valence-electron chi connectivity index (χ0n) is 8.72. The fourth-order valence-corrected chi connectivity index (χ4v) is 2.79. The summed E-state index contributed by atoms with van der Waals surface area (Å²) in [6, 6.07) is 7.66. The molecule has 2 aromatic heterocycles. The molecule has 0 unspecified atom stereocenters. The molecule has 2 heterocycles. The maximum absolute atomic E-state index is 5.90. The Morgan fingerprint density at radius 3 is 2.65 bits per heavy atom. The van der Waals surface area contributed by atoms with Crippen LogP contribution in [0, 0.1) is 0 Å². The molecule has 0 aliphatic carbocycles. The number of nitrogen functional groups attached to an aromatic ring is 1. The molecule has 5 heteroatoms. The van der Waals surface area contributed by atoms with E-state index in [1.54, 1.807) is 11.3 Å². The third-order valence-corrected chi connectivity index (χ3v) is 3.69. The third-order valence-electron chi connectivity index (χ3n) is 2.55. The van der Waals surface area contributed by atoms with Crippen molar-refractivity contribution in [3.8, 4) is 11.1 Å². The van der Waals surface area contributed by atoms with Crippen molar-refractivity contribution < 1.29 is 0 Å². The zero-order chi connectivity index (χ0) is 11.8. The molecule has 0 fully saturated rings. The summed E-state index contributed by atoms with van der Waals surface area (Å²) >= 11 is 7.44. The Morgan fingerprint density at radius 1 is 1.12 bits per heavy atom. The van der Waals surface area contributed by atoms with Crippen LogP contribution in [0.3, 0.4) is 0 Å². The number of benzene rings is 1. The summed E-state index contributed by atoms with van der Waals surface area (Å²) in [5, 5.41) is 3.68. The standard InChI is InChI=1S/C12H8ClN3S/c13-8-3-1-7(2-4-8)9-5-17-12-10(9)11(14)15-6-16-12/h1-6H,(H2,14,15,16). The predicted octanol–water partition coefficient (Wildman–Crippen LogP) is 3.59. The van der Waals surface area contributed by atoms with E-state index >= 15 is 0 Å². The predicted molar refractivity (Wildman–Crippen MR) is 72.3 cm³/mol. The molecule has 0 aliphatic rings. The molecule has 0 spiro atoms. The van der Waals surface area contributed by atoms with E-state index in [-0.39, 0.29) is 0 Å². The van der Waals surface area contributed by atoms with Gasteiger partial charge in [-0.1, -0.05) is 23.7 Å². The molecular weight excluding hydrogens is 254 g/mol. The van der Waals surface area contributed by atoms with Crippen molar-refractivity contribution in [3.05, 3.63) is 41.0 Å². The minimum absolute atomic E-state index is 0.515. The van der Waals surface area contributed by atoms with Crippen LogP contribution in [0.4, 0.5) is 5.82 Å². The SMILES string of the molecule is Nc1ncnc2scc(-c3ccc(Cl)cc3)c12. The van der Waals surface area contributed by atoms with Gasteiger partial charge in [-0.05, 0) is 17.7 Å². The van der Waals surface area contributed by atoms with Gasteiger partial charge in [0.1, 0.15) is 17.0 Å². The molecule has 0 aliphatic heterocycles. The molecule has 0 saturated carbocycles. The largest absolute Gasteiger partial charge is 0.383 e. The first kappa shape index (κ1) is 10.5. The van der Waals surface area contributed by atoms with Crippen LogP contribution in [0.5, 0.6) is 0 Å². The number of hydrogen-bond donors (Lipinski definition) is 1. The van der Waals surface area contributed by atoms with Crippen molar-refractivity contribution in [3.63, 3.8) is 0 Å². The van der Waals surface area contributed by atoms with Crippen molar-refractivity contribution in [1.29, 1.82) is 0 Å². The number of thiophene rings is 1. The molecule has 0 radical (unpaired) electrons. The number of nitrogens with two attached hydrogens (primary N) is 1. The lowest BCUT2D eigenvalue weighted by molar-refractivity contribution is 1.24. The van der Waals surface area contributed by atoms with Gasteiger partial charge < -0.3 is 5.73 Å². The van der Waals surface area contributed by atoms with Gasteiger partial charge in [0.25, 0.3) is 0 Å². The van der Waals surface area contributed by atoms with Crippen molar-refractivity contribution in [2.24, 2.45) is 0 Å². The molecule has 0 bridgehead atoms. The molecule has 3 aromatic rings. The summed E-state index contributed by atoms with van der Waals surface area (Å²) in [6.07, 6.45) is 1.49. The molecule has 84 valence electrons. The minimum Gasteiger partial charge on any atom is -0.383 e. The number of halogens is 1. The Kier molecular flexibility index (Phi) is 2.46. The fraction of sp³-hybridized carbons (Fsp3) is 0. The Labute approximate surface area is 107 Å². The summed E-state index contributed by atoms with van der Waals surface area (Å²) in [6.45, 7) is 0. The van der Waals surface area contributed by atoms with E-state index in [1.165, 1.54) is 6.33 Å². The Morgan fingerprint density at radius 2 is 1.88 bits per heavy atom. The molecule has 0 amide bonds. The number of anilines is 1. The monoisotopic (exact) mass is 261 g/mol. The van der Waals surface area contributed by atoms with Gasteiger partial charge in [-0.2, -0.15) is 0 Å². The fourth-order valence-electron chi connectivity index (χ4n) is 1.74. The highest BCUT2D eigenvalue weighted by atomic mass is 35.5. The summed E-state index contributed by atoms with van der Waals surface area (Å²) in [4.78, 5) is 9.14. The van der Waals surface area contributed by atoms with E-state index in [0.717, 1.165) is 26.4 Å². The van der Waals surface area contributed by atoms with Crippen LogP contribution in [0.2, 0.25) is 5.02 Å². The number of rotatable bonds is 1.